The molecule has 0 bridgehead atoms. The van der Waals surface area contributed by atoms with E-state index >= 15 is 0 Å². The van der Waals surface area contributed by atoms with Crippen LogP contribution in [0.15, 0.2) is 44.9 Å². The molecule has 1 N–H and O–H groups in total. The SMILES string of the molecule is Cc1nc(SCC(=O)NCCCN(C)c2ccccc2)c2c(=O)n(C)c(=O)n(CC(C)C)c2n1. The lowest BCUT2D eigenvalue weighted by Gasteiger charge is -2.19. The van der Waals surface area contributed by atoms with Gasteiger partial charge in [0.15, 0.2) is 5.65 Å². The second-order valence-electron chi connectivity index (χ2n) is 8.68. The molecule has 0 atom stereocenters. The highest BCUT2D eigenvalue weighted by atomic mass is 32.2. The number of aryl methyl sites for hydroxylation is 1. The topological polar surface area (TPSA) is 102 Å². The largest absolute Gasteiger partial charge is 0.375 e. The van der Waals surface area contributed by atoms with Crippen molar-refractivity contribution in [2.75, 3.05) is 30.8 Å². The molecule has 0 saturated heterocycles. The number of nitrogens with one attached hydrogen (secondary N) is 1. The van der Waals surface area contributed by atoms with E-state index in [2.05, 4.69) is 20.2 Å². The predicted octanol–water partition coefficient (Wildman–Crippen LogP) is 2.19. The molecule has 10 heteroatoms. The summed E-state index contributed by atoms with van der Waals surface area (Å²) in [6.45, 7) is 7.51. The molecule has 2 aromatic heterocycles. The van der Waals surface area contributed by atoms with Crippen molar-refractivity contribution < 1.29 is 4.79 Å². The van der Waals surface area contributed by atoms with Gasteiger partial charge in [0, 0.05) is 39.4 Å². The molecular formula is C24H32N6O3S. The van der Waals surface area contributed by atoms with Gasteiger partial charge in [0.25, 0.3) is 5.56 Å². The average Bonchev–Trinajstić information content (AvgIpc) is 2.81. The number of thioether (sulfide) groups is 1. The first kappa shape index (κ1) is 25.5. The van der Waals surface area contributed by atoms with Crippen molar-refractivity contribution in [1.82, 2.24) is 24.4 Å². The van der Waals surface area contributed by atoms with Crippen LogP contribution < -0.4 is 21.5 Å². The van der Waals surface area contributed by atoms with Crippen molar-refractivity contribution in [2.24, 2.45) is 13.0 Å². The van der Waals surface area contributed by atoms with Crippen molar-refractivity contribution in [1.29, 1.82) is 0 Å². The smallest absolute Gasteiger partial charge is 0.332 e. The van der Waals surface area contributed by atoms with Gasteiger partial charge < -0.3 is 10.2 Å². The molecular weight excluding hydrogens is 452 g/mol. The third kappa shape index (κ3) is 6.05. The fraction of sp³-hybridized carbons (Fsp3) is 0.458. The summed E-state index contributed by atoms with van der Waals surface area (Å²) in [6, 6.07) is 10.1. The summed E-state index contributed by atoms with van der Waals surface area (Å²) in [7, 11) is 3.48. The van der Waals surface area contributed by atoms with Crippen LogP contribution in [0.5, 0.6) is 0 Å². The van der Waals surface area contributed by atoms with Crippen LogP contribution >= 0.6 is 11.8 Å². The monoisotopic (exact) mass is 484 g/mol. The van der Waals surface area contributed by atoms with Gasteiger partial charge in [0.1, 0.15) is 16.2 Å². The number of rotatable bonds is 10. The summed E-state index contributed by atoms with van der Waals surface area (Å²) in [5, 5.41) is 3.62. The van der Waals surface area contributed by atoms with Crippen molar-refractivity contribution >= 4 is 34.4 Å². The number of aromatic nitrogens is 4. The normalized spacial score (nSPS) is 11.2. The molecule has 182 valence electrons. The number of hydrogen-bond acceptors (Lipinski definition) is 7. The lowest BCUT2D eigenvalue weighted by Crippen LogP contribution is -2.39. The molecule has 0 radical (unpaired) electrons. The zero-order valence-corrected chi connectivity index (χ0v) is 21.2. The van der Waals surface area contributed by atoms with Gasteiger partial charge in [-0.3, -0.25) is 18.7 Å². The number of nitrogens with zero attached hydrogens (tertiary/aromatic N) is 5. The van der Waals surface area contributed by atoms with E-state index in [4.69, 9.17) is 0 Å². The van der Waals surface area contributed by atoms with Gasteiger partial charge >= 0.3 is 5.69 Å². The standard InChI is InChI=1S/C24H32N6O3S/c1-16(2)14-30-21-20(23(32)29(5)24(30)33)22(27-17(3)26-21)34-15-19(31)25-12-9-13-28(4)18-10-7-6-8-11-18/h6-8,10-11,16H,9,12-15H2,1-5H3,(H,25,31). The third-order valence-corrected chi connectivity index (χ3v) is 6.31. The van der Waals surface area contributed by atoms with Crippen molar-refractivity contribution in [3.63, 3.8) is 0 Å². The number of amides is 1. The molecule has 0 fully saturated rings. The van der Waals surface area contributed by atoms with Crippen molar-refractivity contribution in [3.05, 3.63) is 57.0 Å². The zero-order chi connectivity index (χ0) is 24.8. The minimum Gasteiger partial charge on any atom is -0.375 e. The molecule has 1 aromatic carbocycles. The summed E-state index contributed by atoms with van der Waals surface area (Å²) in [5.41, 5.74) is 0.597. The Morgan fingerprint density at radius 3 is 2.56 bits per heavy atom. The number of anilines is 1. The van der Waals surface area contributed by atoms with Crippen LogP contribution in [-0.2, 0) is 18.4 Å². The molecule has 0 aliphatic heterocycles. The molecule has 1 amide bonds. The Bertz CT molecular complexity index is 1270. The maximum absolute atomic E-state index is 12.9. The number of hydrogen-bond donors (Lipinski definition) is 1. The fourth-order valence-corrected chi connectivity index (χ4v) is 4.51. The highest BCUT2D eigenvalue weighted by Crippen LogP contribution is 2.22. The van der Waals surface area contributed by atoms with Crippen LogP contribution in [0.2, 0.25) is 0 Å². The molecule has 2 heterocycles. The molecule has 34 heavy (non-hydrogen) atoms. The highest BCUT2D eigenvalue weighted by molar-refractivity contribution is 8.00. The molecule has 0 unspecified atom stereocenters. The lowest BCUT2D eigenvalue weighted by atomic mass is 10.2. The Labute approximate surface area is 203 Å². The van der Waals surface area contributed by atoms with Crippen LogP contribution in [0.3, 0.4) is 0 Å². The van der Waals surface area contributed by atoms with Crippen LogP contribution in [0.1, 0.15) is 26.1 Å². The Hall–Kier alpha value is -3.14. The van der Waals surface area contributed by atoms with E-state index in [1.165, 1.54) is 23.4 Å². The first-order valence-corrected chi connectivity index (χ1v) is 12.3. The summed E-state index contributed by atoms with van der Waals surface area (Å²) >= 11 is 1.19. The maximum atomic E-state index is 12.9. The van der Waals surface area contributed by atoms with Crippen LogP contribution in [0.4, 0.5) is 5.69 Å². The molecule has 9 nitrogen and oxygen atoms in total. The quantitative estimate of drug-likeness (QED) is 0.267. The van der Waals surface area contributed by atoms with Gasteiger partial charge in [0.2, 0.25) is 5.91 Å². The van der Waals surface area contributed by atoms with Gasteiger partial charge in [-0.1, -0.05) is 43.8 Å². The summed E-state index contributed by atoms with van der Waals surface area (Å²) < 4.78 is 2.60. The summed E-state index contributed by atoms with van der Waals surface area (Å²) in [5.74, 6) is 0.622. The fourth-order valence-electron chi connectivity index (χ4n) is 3.62. The Morgan fingerprint density at radius 1 is 1.18 bits per heavy atom. The first-order chi connectivity index (χ1) is 16.2. The van der Waals surface area contributed by atoms with E-state index in [0.29, 0.717) is 29.6 Å². The lowest BCUT2D eigenvalue weighted by molar-refractivity contribution is -0.118. The molecule has 0 aliphatic carbocycles. The first-order valence-electron chi connectivity index (χ1n) is 11.3. The highest BCUT2D eigenvalue weighted by Gasteiger charge is 2.19. The Kier molecular flexibility index (Phi) is 8.49. The third-order valence-electron chi connectivity index (χ3n) is 5.34. The molecule has 3 rings (SSSR count). The molecule has 0 aliphatic rings. The van der Waals surface area contributed by atoms with Gasteiger partial charge in [-0.2, -0.15) is 0 Å². The van der Waals surface area contributed by atoms with Gasteiger partial charge in [0.05, 0.1) is 5.75 Å². The van der Waals surface area contributed by atoms with E-state index in [1.807, 2.05) is 51.2 Å². The Morgan fingerprint density at radius 2 is 1.88 bits per heavy atom. The van der Waals surface area contributed by atoms with Crippen molar-refractivity contribution in [2.45, 2.75) is 38.8 Å². The minimum absolute atomic E-state index is 0.118. The van der Waals surface area contributed by atoms with E-state index in [1.54, 1.807) is 6.92 Å². The second-order valence-corrected chi connectivity index (χ2v) is 9.64. The van der Waals surface area contributed by atoms with E-state index in [0.717, 1.165) is 23.2 Å². The van der Waals surface area contributed by atoms with Gasteiger partial charge in [-0.05, 0) is 31.4 Å². The van der Waals surface area contributed by atoms with Gasteiger partial charge in [-0.15, -0.1) is 0 Å². The zero-order valence-electron chi connectivity index (χ0n) is 20.4. The van der Waals surface area contributed by atoms with Gasteiger partial charge in [-0.25, -0.2) is 14.8 Å². The van der Waals surface area contributed by atoms with Crippen LogP contribution in [0, 0.1) is 12.8 Å². The van der Waals surface area contributed by atoms with E-state index in [-0.39, 0.29) is 23.0 Å². The number of fused-ring (bicyclic) bond motifs is 1. The summed E-state index contributed by atoms with van der Waals surface area (Å²) in [4.78, 5) is 49.0. The number of carbonyl (C=O) groups excluding carboxylic acids is 1. The number of benzene rings is 1. The molecule has 3 aromatic rings. The molecule has 0 spiro atoms. The Balaban J connectivity index is 1.68. The van der Waals surface area contributed by atoms with Crippen LogP contribution in [0.25, 0.3) is 11.0 Å². The predicted molar refractivity (Wildman–Crippen MR) is 137 cm³/mol. The van der Waals surface area contributed by atoms with E-state index in [9.17, 15) is 14.4 Å². The number of carbonyl (C=O) groups is 1. The molecule has 0 saturated carbocycles. The van der Waals surface area contributed by atoms with Crippen LogP contribution in [-0.4, -0.2) is 50.9 Å². The summed E-state index contributed by atoms with van der Waals surface area (Å²) in [6.07, 6.45) is 0.805. The number of para-hydroxylation sites is 1. The second kappa shape index (κ2) is 11.3. The van der Waals surface area contributed by atoms with Crippen molar-refractivity contribution in [3.8, 4) is 0 Å². The average molecular weight is 485 g/mol. The van der Waals surface area contributed by atoms with E-state index < -0.39 is 11.2 Å². The maximum Gasteiger partial charge on any atom is 0.332 e. The minimum atomic E-state index is -0.452.